The third-order valence-electron chi connectivity index (χ3n) is 4.25. The smallest absolute Gasteiger partial charge is 0.244 e. The van der Waals surface area contributed by atoms with Gasteiger partial charge in [-0.1, -0.05) is 6.07 Å². The number of aliphatic hydroxyl groups excluding tert-OH is 1. The molecule has 4 unspecified atom stereocenters. The predicted octanol–water partition coefficient (Wildman–Crippen LogP) is 0.977. The Morgan fingerprint density at radius 3 is 3.00 bits per heavy atom. The fraction of sp³-hybridized carbons (Fsp3) is 0.615. The zero-order chi connectivity index (χ0) is 12.7. The lowest BCUT2D eigenvalue weighted by Crippen LogP contribution is -2.37. The van der Waals surface area contributed by atoms with Crippen molar-refractivity contribution in [1.82, 2.24) is 4.90 Å². The molecule has 2 fully saturated rings. The molecule has 1 aliphatic heterocycles. The van der Waals surface area contributed by atoms with Crippen LogP contribution in [0.3, 0.4) is 0 Å². The number of hydrogen-bond acceptors (Lipinski definition) is 4. The molecule has 4 nitrogen and oxygen atoms in total. The number of carbonyl (C=O) groups excluding carboxylic acids is 1. The summed E-state index contributed by atoms with van der Waals surface area (Å²) in [6.07, 6.45) is 1.68. The molecular formula is C13H18N2O2S. The fourth-order valence-corrected chi connectivity index (χ4v) is 3.92. The average Bonchev–Trinajstić information content (AvgIpc) is 3.06. The maximum atomic E-state index is 12.3. The van der Waals surface area contributed by atoms with Crippen molar-refractivity contribution in [2.24, 2.45) is 17.6 Å². The van der Waals surface area contributed by atoms with Crippen molar-refractivity contribution >= 4 is 17.2 Å². The van der Waals surface area contributed by atoms with Crippen LogP contribution >= 0.6 is 11.3 Å². The summed E-state index contributed by atoms with van der Waals surface area (Å²) < 4.78 is 0. The van der Waals surface area contributed by atoms with E-state index in [9.17, 15) is 9.90 Å². The van der Waals surface area contributed by atoms with E-state index in [4.69, 9.17) is 5.73 Å². The molecule has 0 radical (unpaired) electrons. The van der Waals surface area contributed by atoms with Gasteiger partial charge in [0.15, 0.2) is 0 Å². The van der Waals surface area contributed by atoms with Crippen molar-refractivity contribution in [3.63, 3.8) is 0 Å². The van der Waals surface area contributed by atoms with E-state index in [-0.39, 0.29) is 17.9 Å². The van der Waals surface area contributed by atoms with E-state index in [1.165, 1.54) is 11.3 Å². The van der Waals surface area contributed by atoms with E-state index in [1.807, 2.05) is 22.4 Å². The molecule has 4 atom stereocenters. The van der Waals surface area contributed by atoms with E-state index < -0.39 is 6.04 Å². The lowest BCUT2D eigenvalue weighted by atomic mass is 10.00. The Morgan fingerprint density at radius 2 is 2.33 bits per heavy atom. The molecule has 1 saturated heterocycles. The molecule has 3 rings (SSSR count). The first-order chi connectivity index (χ1) is 8.66. The second kappa shape index (κ2) is 4.64. The van der Waals surface area contributed by atoms with Gasteiger partial charge in [0.05, 0.1) is 6.10 Å². The quantitative estimate of drug-likeness (QED) is 0.838. The van der Waals surface area contributed by atoms with Crippen LogP contribution in [0.5, 0.6) is 0 Å². The van der Waals surface area contributed by atoms with Gasteiger partial charge in [-0.2, -0.15) is 0 Å². The van der Waals surface area contributed by atoms with E-state index in [1.54, 1.807) is 0 Å². The van der Waals surface area contributed by atoms with Crippen molar-refractivity contribution in [2.75, 3.05) is 13.1 Å². The Bertz CT molecular complexity index is 434. The highest BCUT2D eigenvalue weighted by Crippen LogP contribution is 2.38. The van der Waals surface area contributed by atoms with E-state index >= 15 is 0 Å². The molecule has 2 heterocycles. The minimum absolute atomic E-state index is 0.000880. The maximum Gasteiger partial charge on any atom is 0.244 e. The number of likely N-dealkylation sites (tertiary alicyclic amines) is 1. The summed E-state index contributed by atoms with van der Waals surface area (Å²) in [6, 6.07) is 3.27. The number of carbonyl (C=O) groups is 1. The topological polar surface area (TPSA) is 66.6 Å². The first kappa shape index (κ1) is 12.1. The van der Waals surface area contributed by atoms with Crippen molar-refractivity contribution in [3.8, 4) is 0 Å². The van der Waals surface area contributed by atoms with Crippen molar-refractivity contribution in [1.29, 1.82) is 0 Å². The third-order valence-corrected chi connectivity index (χ3v) is 5.20. The number of thiophene rings is 1. The van der Waals surface area contributed by atoms with Gasteiger partial charge in [0.1, 0.15) is 6.04 Å². The van der Waals surface area contributed by atoms with Gasteiger partial charge in [-0.3, -0.25) is 4.79 Å². The molecule has 1 aromatic heterocycles. The van der Waals surface area contributed by atoms with Crippen LogP contribution in [0, 0.1) is 11.8 Å². The van der Waals surface area contributed by atoms with Gasteiger partial charge in [-0.05, 0) is 30.2 Å². The number of nitrogens with two attached hydrogens (primary N) is 1. The number of amides is 1. The van der Waals surface area contributed by atoms with Crippen LogP contribution in [0.15, 0.2) is 17.5 Å². The number of rotatable bonds is 2. The van der Waals surface area contributed by atoms with E-state index in [0.29, 0.717) is 12.5 Å². The highest BCUT2D eigenvalue weighted by atomic mass is 32.1. The Labute approximate surface area is 110 Å². The van der Waals surface area contributed by atoms with E-state index in [0.717, 1.165) is 24.3 Å². The molecule has 0 bridgehead atoms. The van der Waals surface area contributed by atoms with Crippen LogP contribution < -0.4 is 5.73 Å². The van der Waals surface area contributed by atoms with Crippen LogP contribution in [0.25, 0.3) is 0 Å². The zero-order valence-corrected chi connectivity index (χ0v) is 11.0. The summed E-state index contributed by atoms with van der Waals surface area (Å²) in [5, 5.41) is 11.8. The standard InChI is InChI=1S/C13H18N2O2S/c14-12(11-2-1-5-18-11)13(17)15-6-8-3-4-10(16)9(8)7-15/h1-2,5,8-10,12,16H,3-4,6-7,14H2. The van der Waals surface area contributed by atoms with Crippen LogP contribution in [-0.2, 0) is 4.79 Å². The largest absolute Gasteiger partial charge is 0.393 e. The van der Waals surface area contributed by atoms with Crippen molar-refractivity contribution < 1.29 is 9.90 Å². The average molecular weight is 266 g/mol. The Morgan fingerprint density at radius 1 is 1.50 bits per heavy atom. The molecule has 18 heavy (non-hydrogen) atoms. The predicted molar refractivity (Wildman–Crippen MR) is 70.0 cm³/mol. The molecule has 0 aromatic carbocycles. The van der Waals surface area contributed by atoms with Gasteiger partial charge in [0.2, 0.25) is 5.91 Å². The summed E-state index contributed by atoms with van der Waals surface area (Å²) in [4.78, 5) is 15.1. The number of fused-ring (bicyclic) bond motifs is 1. The number of nitrogens with zero attached hydrogens (tertiary/aromatic N) is 1. The van der Waals surface area contributed by atoms with Gasteiger partial charge in [0.25, 0.3) is 0 Å². The first-order valence-corrected chi connectivity index (χ1v) is 7.30. The second-order valence-corrected chi connectivity index (χ2v) is 6.28. The molecule has 0 spiro atoms. The number of hydrogen-bond donors (Lipinski definition) is 2. The minimum atomic E-state index is -0.541. The lowest BCUT2D eigenvalue weighted by Gasteiger charge is -2.21. The molecular weight excluding hydrogens is 248 g/mol. The summed E-state index contributed by atoms with van der Waals surface area (Å²) in [5.41, 5.74) is 6.00. The molecule has 5 heteroatoms. The van der Waals surface area contributed by atoms with Gasteiger partial charge < -0.3 is 15.7 Å². The monoisotopic (exact) mass is 266 g/mol. The molecule has 3 N–H and O–H groups in total. The summed E-state index contributed by atoms with van der Waals surface area (Å²) in [5.74, 6) is 0.739. The van der Waals surface area contributed by atoms with Crippen LogP contribution in [-0.4, -0.2) is 35.1 Å². The highest BCUT2D eigenvalue weighted by Gasteiger charge is 2.44. The zero-order valence-electron chi connectivity index (χ0n) is 10.2. The molecule has 1 saturated carbocycles. The molecule has 1 amide bonds. The van der Waals surface area contributed by atoms with Gasteiger partial charge in [-0.25, -0.2) is 0 Å². The Kier molecular flexibility index (Phi) is 3.13. The molecule has 98 valence electrons. The lowest BCUT2D eigenvalue weighted by molar-refractivity contribution is -0.132. The second-order valence-electron chi connectivity index (χ2n) is 5.30. The minimum Gasteiger partial charge on any atom is -0.393 e. The van der Waals surface area contributed by atoms with Crippen LogP contribution in [0.2, 0.25) is 0 Å². The van der Waals surface area contributed by atoms with E-state index in [2.05, 4.69) is 0 Å². The van der Waals surface area contributed by atoms with Crippen LogP contribution in [0.4, 0.5) is 0 Å². The van der Waals surface area contributed by atoms with Gasteiger partial charge in [0, 0.05) is 23.9 Å². The van der Waals surface area contributed by atoms with Crippen LogP contribution in [0.1, 0.15) is 23.8 Å². The number of aliphatic hydroxyl groups is 1. The van der Waals surface area contributed by atoms with Gasteiger partial charge in [-0.15, -0.1) is 11.3 Å². The SMILES string of the molecule is NC(C(=O)N1CC2CCC(O)C2C1)c1cccs1. The summed E-state index contributed by atoms with van der Waals surface area (Å²) >= 11 is 1.52. The maximum absolute atomic E-state index is 12.3. The summed E-state index contributed by atoms with van der Waals surface area (Å²) in [6.45, 7) is 1.43. The van der Waals surface area contributed by atoms with Crippen molar-refractivity contribution in [3.05, 3.63) is 22.4 Å². The molecule has 1 aromatic rings. The first-order valence-electron chi connectivity index (χ1n) is 6.42. The Balaban J connectivity index is 1.68. The Hall–Kier alpha value is -0.910. The normalized spacial score (nSPS) is 32.6. The third kappa shape index (κ3) is 1.96. The summed E-state index contributed by atoms with van der Waals surface area (Å²) in [7, 11) is 0. The van der Waals surface area contributed by atoms with Crippen molar-refractivity contribution in [2.45, 2.75) is 25.0 Å². The highest BCUT2D eigenvalue weighted by molar-refractivity contribution is 7.10. The molecule has 1 aliphatic carbocycles. The fourth-order valence-electron chi connectivity index (χ4n) is 3.20. The van der Waals surface area contributed by atoms with Gasteiger partial charge >= 0.3 is 0 Å². The molecule has 2 aliphatic rings.